The van der Waals surface area contributed by atoms with E-state index in [9.17, 15) is 9.18 Å². The van der Waals surface area contributed by atoms with Crippen LogP contribution >= 0.6 is 0 Å². The van der Waals surface area contributed by atoms with Crippen molar-refractivity contribution < 1.29 is 9.18 Å². The highest BCUT2D eigenvalue weighted by Gasteiger charge is 2.08. The van der Waals surface area contributed by atoms with Crippen molar-refractivity contribution in [3.8, 4) is 18.0 Å². The monoisotopic (exact) mass is 243 g/mol. The van der Waals surface area contributed by atoms with Crippen LogP contribution in [0.1, 0.15) is 10.5 Å². The van der Waals surface area contributed by atoms with Gasteiger partial charge in [-0.1, -0.05) is 5.92 Å². The van der Waals surface area contributed by atoms with Gasteiger partial charge in [-0.2, -0.15) is 5.10 Å². The lowest BCUT2D eigenvalue weighted by molar-refractivity contribution is 0.0953. The summed E-state index contributed by atoms with van der Waals surface area (Å²) in [6, 6.07) is 7.37. The van der Waals surface area contributed by atoms with Crippen LogP contribution in [-0.2, 0) is 0 Å². The lowest BCUT2D eigenvalue weighted by atomic mass is 10.3. The number of hydrogen-bond acceptors (Lipinski definition) is 2. The van der Waals surface area contributed by atoms with Crippen molar-refractivity contribution in [3.63, 3.8) is 0 Å². The van der Waals surface area contributed by atoms with E-state index < -0.39 is 0 Å². The summed E-state index contributed by atoms with van der Waals surface area (Å²) in [5, 5.41) is 6.59. The minimum absolute atomic E-state index is 0.155. The molecule has 1 heterocycles. The van der Waals surface area contributed by atoms with Crippen LogP contribution in [0.3, 0.4) is 0 Å². The molecule has 0 aliphatic heterocycles. The first-order chi connectivity index (χ1) is 8.70. The maximum Gasteiger partial charge on any atom is 0.272 e. The van der Waals surface area contributed by atoms with E-state index in [4.69, 9.17) is 6.42 Å². The minimum Gasteiger partial charge on any atom is -0.340 e. The second-order valence-electron chi connectivity index (χ2n) is 3.51. The number of amides is 1. The third-order valence-electron chi connectivity index (χ3n) is 2.26. The van der Waals surface area contributed by atoms with Gasteiger partial charge in [0.25, 0.3) is 5.91 Å². The van der Waals surface area contributed by atoms with Crippen LogP contribution in [0, 0.1) is 18.2 Å². The Morgan fingerprint density at radius 3 is 2.78 bits per heavy atom. The second-order valence-corrected chi connectivity index (χ2v) is 3.51. The molecule has 5 heteroatoms. The fraction of sp³-hybridized carbons (Fsp3) is 0.0769. The summed E-state index contributed by atoms with van der Waals surface area (Å²) < 4.78 is 14.3. The highest BCUT2D eigenvalue weighted by molar-refractivity contribution is 5.92. The molecular formula is C13H10FN3O. The summed E-state index contributed by atoms with van der Waals surface area (Å²) >= 11 is 0. The first kappa shape index (κ1) is 11.9. The molecule has 0 radical (unpaired) electrons. The van der Waals surface area contributed by atoms with E-state index in [1.54, 1.807) is 24.4 Å². The van der Waals surface area contributed by atoms with Gasteiger partial charge >= 0.3 is 0 Å². The SMILES string of the molecule is C#CCNC(=O)c1ccn(-c2ccc(F)cc2)n1. The van der Waals surface area contributed by atoms with Gasteiger partial charge in [-0.05, 0) is 30.3 Å². The number of aromatic nitrogens is 2. The zero-order valence-electron chi connectivity index (χ0n) is 9.43. The topological polar surface area (TPSA) is 46.9 Å². The van der Waals surface area contributed by atoms with Gasteiger partial charge in [0.05, 0.1) is 12.2 Å². The molecule has 4 nitrogen and oxygen atoms in total. The Balaban J connectivity index is 2.18. The predicted octanol–water partition coefficient (Wildman–Crippen LogP) is 1.37. The normalized spacial score (nSPS) is 9.78. The molecule has 90 valence electrons. The number of halogens is 1. The third-order valence-corrected chi connectivity index (χ3v) is 2.26. The zero-order valence-corrected chi connectivity index (χ0v) is 9.43. The number of nitrogens with one attached hydrogen (secondary N) is 1. The van der Waals surface area contributed by atoms with E-state index in [0.29, 0.717) is 5.69 Å². The molecule has 0 saturated heterocycles. The fourth-order valence-electron chi connectivity index (χ4n) is 1.40. The van der Waals surface area contributed by atoms with E-state index in [-0.39, 0.29) is 24.0 Å². The smallest absolute Gasteiger partial charge is 0.272 e. The van der Waals surface area contributed by atoms with Crippen LogP contribution in [0.2, 0.25) is 0 Å². The molecule has 1 aromatic carbocycles. The van der Waals surface area contributed by atoms with Crippen LogP contribution < -0.4 is 5.32 Å². The molecule has 18 heavy (non-hydrogen) atoms. The lowest BCUT2D eigenvalue weighted by Gasteiger charge is -2.00. The quantitative estimate of drug-likeness (QED) is 0.828. The molecule has 1 amide bonds. The van der Waals surface area contributed by atoms with Crippen LogP contribution in [0.4, 0.5) is 4.39 Å². The zero-order chi connectivity index (χ0) is 13.0. The van der Waals surface area contributed by atoms with E-state index in [2.05, 4.69) is 16.3 Å². The predicted molar refractivity (Wildman–Crippen MR) is 64.7 cm³/mol. The van der Waals surface area contributed by atoms with Gasteiger partial charge in [0.2, 0.25) is 0 Å². The Morgan fingerprint density at radius 2 is 2.11 bits per heavy atom. The number of benzene rings is 1. The van der Waals surface area contributed by atoms with E-state index >= 15 is 0 Å². The standard InChI is InChI=1S/C13H10FN3O/c1-2-8-15-13(18)12-7-9-17(16-12)11-5-3-10(14)4-6-11/h1,3-7,9H,8H2,(H,15,18). The Morgan fingerprint density at radius 1 is 1.39 bits per heavy atom. The molecule has 0 unspecified atom stereocenters. The summed E-state index contributed by atoms with van der Waals surface area (Å²) in [4.78, 5) is 11.6. The molecule has 0 aliphatic rings. The first-order valence-electron chi connectivity index (χ1n) is 5.24. The number of rotatable bonds is 3. The fourth-order valence-corrected chi connectivity index (χ4v) is 1.40. The van der Waals surface area contributed by atoms with Gasteiger partial charge in [-0.25, -0.2) is 9.07 Å². The second kappa shape index (κ2) is 5.15. The summed E-state index contributed by atoms with van der Waals surface area (Å²) in [6.07, 6.45) is 6.66. The summed E-state index contributed by atoms with van der Waals surface area (Å²) in [6.45, 7) is 0.155. The molecule has 0 saturated carbocycles. The van der Waals surface area contributed by atoms with Crippen molar-refractivity contribution >= 4 is 5.91 Å². The Kier molecular flexibility index (Phi) is 3.39. The van der Waals surface area contributed by atoms with Gasteiger partial charge in [0, 0.05) is 6.20 Å². The third kappa shape index (κ3) is 2.55. The molecule has 1 aromatic heterocycles. The van der Waals surface area contributed by atoms with Crippen molar-refractivity contribution in [3.05, 3.63) is 48.0 Å². The summed E-state index contributed by atoms with van der Waals surface area (Å²) in [5.41, 5.74) is 0.932. The summed E-state index contributed by atoms with van der Waals surface area (Å²) in [7, 11) is 0. The minimum atomic E-state index is -0.339. The molecule has 2 aromatic rings. The molecule has 0 atom stereocenters. The number of nitrogens with zero attached hydrogens (tertiary/aromatic N) is 2. The van der Waals surface area contributed by atoms with Crippen molar-refractivity contribution in [1.29, 1.82) is 0 Å². The van der Waals surface area contributed by atoms with E-state index in [1.807, 2.05) is 0 Å². The number of carbonyl (C=O) groups is 1. The maximum absolute atomic E-state index is 12.8. The molecule has 0 fully saturated rings. The molecule has 0 aliphatic carbocycles. The van der Waals surface area contributed by atoms with E-state index in [0.717, 1.165) is 0 Å². The van der Waals surface area contributed by atoms with Gasteiger partial charge in [0.1, 0.15) is 5.82 Å². The summed E-state index contributed by atoms with van der Waals surface area (Å²) in [5.74, 6) is 1.64. The van der Waals surface area contributed by atoms with Gasteiger partial charge in [-0.15, -0.1) is 6.42 Å². The molecule has 2 rings (SSSR count). The average molecular weight is 243 g/mol. The van der Waals surface area contributed by atoms with Crippen LogP contribution in [0.5, 0.6) is 0 Å². The van der Waals surface area contributed by atoms with Crippen molar-refractivity contribution in [2.24, 2.45) is 0 Å². The average Bonchev–Trinajstić information content (AvgIpc) is 2.86. The lowest BCUT2D eigenvalue weighted by Crippen LogP contribution is -2.24. The number of hydrogen-bond donors (Lipinski definition) is 1. The number of terminal acetylenes is 1. The molecule has 0 spiro atoms. The first-order valence-corrected chi connectivity index (χ1v) is 5.24. The maximum atomic E-state index is 12.8. The van der Waals surface area contributed by atoms with Gasteiger partial charge in [-0.3, -0.25) is 4.79 Å². The Bertz CT molecular complexity index is 595. The largest absolute Gasteiger partial charge is 0.340 e. The highest BCUT2D eigenvalue weighted by Crippen LogP contribution is 2.08. The Labute approximate surface area is 103 Å². The molecule has 1 N–H and O–H groups in total. The van der Waals surface area contributed by atoms with Crippen LogP contribution in [-0.4, -0.2) is 22.2 Å². The van der Waals surface area contributed by atoms with Crippen molar-refractivity contribution in [1.82, 2.24) is 15.1 Å². The van der Waals surface area contributed by atoms with Crippen LogP contribution in [0.25, 0.3) is 5.69 Å². The van der Waals surface area contributed by atoms with Crippen molar-refractivity contribution in [2.75, 3.05) is 6.54 Å². The van der Waals surface area contributed by atoms with Gasteiger partial charge in [0.15, 0.2) is 5.69 Å². The van der Waals surface area contributed by atoms with Crippen molar-refractivity contribution in [2.45, 2.75) is 0 Å². The Hall–Kier alpha value is -2.61. The highest BCUT2D eigenvalue weighted by atomic mass is 19.1. The van der Waals surface area contributed by atoms with E-state index in [1.165, 1.54) is 16.8 Å². The van der Waals surface area contributed by atoms with Crippen LogP contribution in [0.15, 0.2) is 36.5 Å². The molecular weight excluding hydrogens is 233 g/mol. The van der Waals surface area contributed by atoms with Gasteiger partial charge < -0.3 is 5.32 Å². The number of carbonyl (C=O) groups excluding carboxylic acids is 1. The molecule has 0 bridgehead atoms.